The zero-order valence-electron chi connectivity index (χ0n) is 15.6. The number of thiophene rings is 1. The van der Waals surface area contributed by atoms with E-state index in [2.05, 4.69) is 20.4 Å². The third-order valence-corrected chi connectivity index (χ3v) is 5.11. The summed E-state index contributed by atoms with van der Waals surface area (Å²) in [4.78, 5) is 22.0. The molecule has 8 heteroatoms. The molecule has 1 amide bonds. The third-order valence-electron chi connectivity index (χ3n) is 4.18. The smallest absolute Gasteiger partial charge is 0.261 e. The second-order valence-corrected chi connectivity index (χ2v) is 7.21. The molecule has 0 spiro atoms. The lowest BCUT2D eigenvalue weighted by atomic mass is 10.1. The maximum Gasteiger partial charge on any atom is 0.261 e. The van der Waals surface area contributed by atoms with Gasteiger partial charge in [-0.3, -0.25) is 9.78 Å². The zero-order chi connectivity index (χ0) is 20.1. The summed E-state index contributed by atoms with van der Waals surface area (Å²) in [6, 6.07) is 14.7. The Morgan fingerprint density at radius 2 is 2.00 bits per heavy atom. The Morgan fingerprint density at radius 3 is 2.72 bits per heavy atom. The first kappa shape index (κ1) is 18.8. The number of nitrogens with zero attached hydrogens (tertiary/aromatic N) is 3. The van der Waals surface area contributed by atoms with E-state index >= 15 is 0 Å². The number of aromatic nitrogens is 3. The van der Waals surface area contributed by atoms with Crippen molar-refractivity contribution in [1.29, 1.82) is 0 Å². The van der Waals surface area contributed by atoms with Gasteiger partial charge in [-0.1, -0.05) is 23.4 Å². The van der Waals surface area contributed by atoms with Gasteiger partial charge in [0.05, 0.1) is 11.6 Å². The standard InChI is InChI=1S/C21H18N4O3S/c1-14-23-21(28-25-14)16-5-2-3-6-17(16)27-13-19(26)24-20(18-7-4-12-29-18)15-8-10-22-11-9-15/h2-12,20H,13H2,1H3,(H,24,26). The van der Waals surface area contributed by atoms with E-state index in [4.69, 9.17) is 9.26 Å². The molecule has 0 aliphatic carbocycles. The number of hydrogen-bond donors (Lipinski definition) is 1. The van der Waals surface area contributed by atoms with E-state index in [1.807, 2.05) is 47.8 Å². The predicted octanol–water partition coefficient (Wildman–Crippen LogP) is 3.79. The number of carbonyl (C=O) groups is 1. The van der Waals surface area contributed by atoms with Crippen molar-refractivity contribution in [3.05, 3.63) is 82.6 Å². The number of carbonyl (C=O) groups excluding carboxylic acids is 1. The van der Waals surface area contributed by atoms with E-state index in [0.29, 0.717) is 23.0 Å². The highest BCUT2D eigenvalue weighted by atomic mass is 32.1. The van der Waals surface area contributed by atoms with Crippen molar-refractivity contribution in [1.82, 2.24) is 20.4 Å². The van der Waals surface area contributed by atoms with Gasteiger partial charge in [0, 0.05) is 17.3 Å². The van der Waals surface area contributed by atoms with E-state index in [0.717, 1.165) is 10.4 Å². The van der Waals surface area contributed by atoms with E-state index < -0.39 is 0 Å². The summed E-state index contributed by atoms with van der Waals surface area (Å²) in [6.45, 7) is 1.60. The minimum atomic E-state index is -0.261. The van der Waals surface area contributed by atoms with Gasteiger partial charge in [-0.05, 0) is 48.2 Å². The summed E-state index contributed by atoms with van der Waals surface area (Å²) in [5, 5.41) is 8.82. The molecule has 0 aliphatic heterocycles. The largest absolute Gasteiger partial charge is 0.483 e. The van der Waals surface area contributed by atoms with Crippen molar-refractivity contribution in [3.63, 3.8) is 0 Å². The molecule has 7 nitrogen and oxygen atoms in total. The van der Waals surface area contributed by atoms with Gasteiger partial charge >= 0.3 is 0 Å². The predicted molar refractivity (Wildman–Crippen MR) is 109 cm³/mol. The van der Waals surface area contributed by atoms with Gasteiger partial charge in [0.25, 0.3) is 11.8 Å². The molecule has 0 saturated carbocycles. The van der Waals surface area contributed by atoms with E-state index in [1.54, 1.807) is 36.7 Å². The number of amides is 1. The molecule has 3 aromatic heterocycles. The van der Waals surface area contributed by atoms with Crippen LogP contribution in [0.3, 0.4) is 0 Å². The normalized spacial score (nSPS) is 11.8. The lowest BCUT2D eigenvalue weighted by Crippen LogP contribution is -2.33. The van der Waals surface area contributed by atoms with Crippen LogP contribution in [0.15, 0.2) is 70.8 Å². The van der Waals surface area contributed by atoms with Gasteiger partial charge in [-0.25, -0.2) is 0 Å². The van der Waals surface area contributed by atoms with Crippen LogP contribution in [-0.4, -0.2) is 27.6 Å². The average Bonchev–Trinajstić information content (AvgIpc) is 3.43. The van der Waals surface area contributed by atoms with Crippen molar-refractivity contribution in [3.8, 4) is 17.2 Å². The molecule has 4 aromatic rings. The van der Waals surface area contributed by atoms with Crippen LogP contribution in [0.25, 0.3) is 11.5 Å². The number of hydrogen-bond acceptors (Lipinski definition) is 7. The second kappa shape index (κ2) is 8.66. The summed E-state index contributed by atoms with van der Waals surface area (Å²) in [5.74, 6) is 1.15. The van der Waals surface area contributed by atoms with Crippen molar-refractivity contribution in [2.24, 2.45) is 0 Å². The van der Waals surface area contributed by atoms with Crippen LogP contribution in [0.4, 0.5) is 0 Å². The summed E-state index contributed by atoms with van der Waals surface area (Å²) >= 11 is 1.58. The molecule has 146 valence electrons. The highest BCUT2D eigenvalue weighted by molar-refractivity contribution is 7.10. The number of aryl methyl sites for hydroxylation is 1. The average molecular weight is 406 g/mol. The molecule has 0 fully saturated rings. The maximum absolute atomic E-state index is 12.6. The van der Waals surface area contributed by atoms with Gasteiger partial charge in [0.1, 0.15) is 5.75 Å². The summed E-state index contributed by atoms with van der Waals surface area (Å²) in [5.41, 5.74) is 1.60. The van der Waals surface area contributed by atoms with Crippen molar-refractivity contribution >= 4 is 17.2 Å². The molecule has 1 unspecified atom stereocenters. The fraction of sp³-hybridized carbons (Fsp3) is 0.143. The molecule has 0 saturated heterocycles. The minimum absolute atomic E-state index is 0.142. The van der Waals surface area contributed by atoms with Crippen molar-refractivity contribution in [2.75, 3.05) is 6.61 Å². The number of pyridine rings is 1. The summed E-state index contributed by atoms with van der Waals surface area (Å²) in [7, 11) is 0. The van der Waals surface area contributed by atoms with Crippen LogP contribution in [0.2, 0.25) is 0 Å². The third kappa shape index (κ3) is 4.49. The van der Waals surface area contributed by atoms with Crippen molar-refractivity contribution < 1.29 is 14.1 Å². The molecule has 1 N–H and O–H groups in total. The minimum Gasteiger partial charge on any atom is -0.483 e. The van der Waals surface area contributed by atoms with Crippen LogP contribution in [0.1, 0.15) is 22.3 Å². The lowest BCUT2D eigenvalue weighted by molar-refractivity contribution is -0.123. The molecular weight excluding hydrogens is 388 g/mol. The molecular formula is C21H18N4O3S. The van der Waals surface area contributed by atoms with Crippen LogP contribution >= 0.6 is 11.3 Å². The Morgan fingerprint density at radius 1 is 1.17 bits per heavy atom. The molecule has 4 rings (SSSR count). The Bertz CT molecular complexity index is 1080. The topological polar surface area (TPSA) is 90.1 Å². The van der Waals surface area contributed by atoms with Crippen LogP contribution in [-0.2, 0) is 4.79 Å². The van der Waals surface area contributed by atoms with Crippen LogP contribution in [0.5, 0.6) is 5.75 Å². The number of nitrogens with one attached hydrogen (secondary N) is 1. The van der Waals surface area contributed by atoms with E-state index in [-0.39, 0.29) is 18.6 Å². The lowest BCUT2D eigenvalue weighted by Gasteiger charge is -2.18. The van der Waals surface area contributed by atoms with Crippen LogP contribution in [0, 0.1) is 6.92 Å². The fourth-order valence-corrected chi connectivity index (χ4v) is 3.65. The summed E-state index contributed by atoms with van der Waals surface area (Å²) in [6.07, 6.45) is 3.42. The molecule has 0 aliphatic rings. The number of rotatable bonds is 7. The number of para-hydroxylation sites is 1. The van der Waals surface area contributed by atoms with Crippen LogP contribution < -0.4 is 10.1 Å². The first-order valence-corrected chi connectivity index (χ1v) is 9.84. The van der Waals surface area contributed by atoms with E-state index in [9.17, 15) is 4.79 Å². The zero-order valence-corrected chi connectivity index (χ0v) is 16.4. The van der Waals surface area contributed by atoms with Gasteiger partial charge < -0.3 is 14.6 Å². The molecule has 0 bridgehead atoms. The molecule has 1 atom stereocenters. The highest BCUT2D eigenvalue weighted by Gasteiger charge is 2.19. The first-order chi connectivity index (χ1) is 14.2. The molecule has 1 aromatic carbocycles. The Balaban J connectivity index is 1.47. The maximum atomic E-state index is 12.6. The van der Waals surface area contributed by atoms with Gasteiger partial charge in [0.15, 0.2) is 12.4 Å². The van der Waals surface area contributed by atoms with Gasteiger partial charge in [-0.15, -0.1) is 11.3 Å². The van der Waals surface area contributed by atoms with Gasteiger partial charge in [0.2, 0.25) is 0 Å². The quantitative estimate of drug-likeness (QED) is 0.502. The summed E-state index contributed by atoms with van der Waals surface area (Å²) < 4.78 is 11.0. The number of benzene rings is 1. The number of ether oxygens (including phenoxy) is 1. The SMILES string of the molecule is Cc1noc(-c2ccccc2OCC(=O)NC(c2ccncc2)c2cccs2)n1. The Labute approximate surface area is 171 Å². The Kier molecular flexibility index (Phi) is 5.62. The molecule has 0 radical (unpaired) electrons. The van der Waals surface area contributed by atoms with E-state index in [1.165, 1.54) is 0 Å². The highest BCUT2D eigenvalue weighted by Crippen LogP contribution is 2.29. The monoisotopic (exact) mass is 406 g/mol. The fourth-order valence-electron chi connectivity index (χ4n) is 2.85. The molecule has 29 heavy (non-hydrogen) atoms. The second-order valence-electron chi connectivity index (χ2n) is 6.23. The molecule has 3 heterocycles. The van der Waals surface area contributed by atoms with Gasteiger partial charge in [-0.2, -0.15) is 4.98 Å². The first-order valence-electron chi connectivity index (χ1n) is 8.96. The van der Waals surface area contributed by atoms with Crippen molar-refractivity contribution in [2.45, 2.75) is 13.0 Å². The Hall–Kier alpha value is -3.52.